The summed E-state index contributed by atoms with van der Waals surface area (Å²) in [5.41, 5.74) is 2.31. The summed E-state index contributed by atoms with van der Waals surface area (Å²) in [4.78, 5) is 13.7. The van der Waals surface area contributed by atoms with E-state index in [1.54, 1.807) is 6.08 Å². The van der Waals surface area contributed by atoms with Crippen molar-refractivity contribution in [3.05, 3.63) is 40.3 Å². The van der Waals surface area contributed by atoms with Crippen LogP contribution >= 0.6 is 24.0 Å². The Morgan fingerprint density at radius 1 is 1.30 bits per heavy atom. The number of hydrogen-bond acceptors (Lipinski definition) is 4. The molecular weight excluding hydrogens is 290 g/mol. The summed E-state index contributed by atoms with van der Waals surface area (Å²) in [6, 6.07) is 8.12. The molecule has 1 saturated heterocycles. The van der Waals surface area contributed by atoms with Crippen LogP contribution in [0.1, 0.15) is 31.9 Å². The molecule has 3 nitrogen and oxygen atoms in total. The lowest BCUT2D eigenvalue weighted by Gasteiger charge is -2.18. The number of carbonyl (C=O) groups excluding carboxylic acids is 1. The molecule has 0 unspecified atom stereocenters. The maximum atomic E-state index is 12.0. The molecule has 1 aromatic carbocycles. The molecule has 106 valence electrons. The van der Waals surface area contributed by atoms with Gasteiger partial charge in [-0.3, -0.25) is 9.69 Å². The monoisotopic (exact) mass is 307 g/mol. The van der Waals surface area contributed by atoms with Gasteiger partial charge in [-0.2, -0.15) is 0 Å². The molecule has 20 heavy (non-hydrogen) atoms. The van der Waals surface area contributed by atoms with Gasteiger partial charge in [0.15, 0.2) is 0 Å². The van der Waals surface area contributed by atoms with Crippen LogP contribution in [0, 0.1) is 0 Å². The zero-order valence-electron chi connectivity index (χ0n) is 11.7. The summed E-state index contributed by atoms with van der Waals surface area (Å²) in [6.07, 6.45) is 1.81. The SMILES string of the molecule is CC(C)(C)c1ccc(C=C2SC(=S)N(CO)C2=O)cc1. The Labute approximate surface area is 128 Å². The molecule has 1 aliphatic rings. The lowest BCUT2D eigenvalue weighted by atomic mass is 9.87. The first-order chi connectivity index (χ1) is 9.32. The third kappa shape index (κ3) is 3.11. The van der Waals surface area contributed by atoms with Crippen molar-refractivity contribution in [2.24, 2.45) is 0 Å². The Hall–Kier alpha value is -1.17. The van der Waals surface area contributed by atoms with Crippen molar-refractivity contribution in [1.29, 1.82) is 0 Å². The molecule has 0 aromatic heterocycles. The van der Waals surface area contributed by atoms with Gasteiger partial charge in [0.25, 0.3) is 5.91 Å². The van der Waals surface area contributed by atoms with Crippen LogP contribution < -0.4 is 0 Å². The number of aliphatic hydroxyl groups is 1. The average Bonchev–Trinajstić information content (AvgIpc) is 2.63. The van der Waals surface area contributed by atoms with E-state index in [1.165, 1.54) is 22.2 Å². The third-order valence-corrected chi connectivity index (χ3v) is 4.47. The highest BCUT2D eigenvalue weighted by Crippen LogP contribution is 2.32. The van der Waals surface area contributed by atoms with E-state index in [9.17, 15) is 4.79 Å². The van der Waals surface area contributed by atoms with Crippen LogP contribution in [0.2, 0.25) is 0 Å². The molecule has 0 bridgehead atoms. The number of thiocarbonyl (C=S) groups is 1. The lowest BCUT2D eigenvalue weighted by molar-refractivity contribution is -0.124. The standard InChI is InChI=1S/C15H17NO2S2/c1-15(2,3)11-6-4-10(5-7-11)8-12-13(18)16(9-17)14(19)20-12/h4-8,17H,9H2,1-3H3. The number of benzene rings is 1. The fourth-order valence-corrected chi connectivity index (χ4v) is 3.09. The predicted molar refractivity (Wildman–Crippen MR) is 87.2 cm³/mol. The first-order valence-corrected chi connectivity index (χ1v) is 7.52. The van der Waals surface area contributed by atoms with E-state index in [4.69, 9.17) is 17.3 Å². The largest absolute Gasteiger partial charge is 0.376 e. The molecule has 1 aliphatic heterocycles. The number of rotatable bonds is 2. The molecule has 1 fully saturated rings. The van der Waals surface area contributed by atoms with Crippen LogP contribution in [0.15, 0.2) is 29.2 Å². The maximum Gasteiger partial charge on any atom is 0.268 e. The zero-order chi connectivity index (χ0) is 14.9. The van der Waals surface area contributed by atoms with E-state index in [0.29, 0.717) is 9.23 Å². The van der Waals surface area contributed by atoms with E-state index < -0.39 is 0 Å². The van der Waals surface area contributed by atoms with Gasteiger partial charge in [-0.15, -0.1) is 0 Å². The molecule has 0 spiro atoms. The second kappa shape index (κ2) is 5.68. The number of thioether (sulfide) groups is 1. The minimum Gasteiger partial charge on any atom is -0.376 e. The molecule has 0 saturated carbocycles. The van der Waals surface area contributed by atoms with E-state index in [-0.39, 0.29) is 18.1 Å². The molecular formula is C15H17NO2S2. The van der Waals surface area contributed by atoms with Gasteiger partial charge in [0.05, 0.1) is 4.91 Å². The van der Waals surface area contributed by atoms with Crippen molar-refractivity contribution < 1.29 is 9.90 Å². The Kier molecular flexibility index (Phi) is 4.32. The molecule has 0 atom stereocenters. The van der Waals surface area contributed by atoms with Crippen molar-refractivity contribution in [2.75, 3.05) is 6.73 Å². The summed E-state index contributed by atoms with van der Waals surface area (Å²) in [5.74, 6) is -0.234. The highest BCUT2D eigenvalue weighted by molar-refractivity contribution is 8.26. The van der Waals surface area contributed by atoms with E-state index in [1.807, 2.05) is 12.1 Å². The summed E-state index contributed by atoms with van der Waals surface area (Å²) in [7, 11) is 0. The lowest BCUT2D eigenvalue weighted by Crippen LogP contribution is -2.28. The number of hydrogen-bond donors (Lipinski definition) is 1. The zero-order valence-corrected chi connectivity index (χ0v) is 13.3. The smallest absolute Gasteiger partial charge is 0.268 e. The van der Waals surface area contributed by atoms with Crippen LogP contribution in [0.5, 0.6) is 0 Å². The molecule has 1 aromatic rings. The van der Waals surface area contributed by atoms with Crippen molar-refractivity contribution >= 4 is 40.3 Å². The van der Waals surface area contributed by atoms with Gasteiger partial charge in [0.1, 0.15) is 11.1 Å². The normalized spacial score (nSPS) is 18.2. The van der Waals surface area contributed by atoms with Crippen LogP contribution in [-0.2, 0) is 10.2 Å². The first-order valence-electron chi connectivity index (χ1n) is 6.29. The third-order valence-electron chi connectivity index (χ3n) is 3.09. The Balaban J connectivity index is 2.24. The molecule has 0 radical (unpaired) electrons. The van der Waals surface area contributed by atoms with Crippen LogP contribution in [0.4, 0.5) is 0 Å². The first kappa shape index (κ1) is 15.2. The summed E-state index contributed by atoms with van der Waals surface area (Å²) >= 11 is 6.27. The number of amides is 1. The van der Waals surface area contributed by atoms with Crippen molar-refractivity contribution in [3.63, 3.8) is 0 Å². The van der Waals surface area contributed by atoms with Gasteiger partial charge < -0.3 is 5.11 Å². The molecule has 1 N–H and O–H groups in total. The Morgan fingerprint density at radius 2 is 1.90 bits per heavy atom. The van der Waals surface area contributed by atoms with Gasteiger partial charge in [-0.05, 0) is 22.6 Å². The second-order valence-electron chi connectivity index (χ2n) is 5.62. The minimum atomic E-state index is -0.370. The molecule has 1 amide bonds. The van der Waals surface area contributed by atoms with Crippen LogP contribution in [-0.4, -0.2) is 27.0 Å². The average molecular weight is 307 g/mol. The van der Waals surface area contributed by atoms with Crippen molar-refractivity contribution in [2.45, 2.75) is 26.2 Å². The fraction of sp³-hybridized carbons (Fsp3) is 0.333. The van der Waals surface area contributed by atoms with Gasteiger partial charge >= 0.3 is 0 Å². The summed E-state index contributed by atoms with van der Waals surface area (Å²) < 4.78 is 0.398. The number of carbonyl (C=O) groups is 1. The predicted octanol–water partition coefficient (Wildman–Crippen LogP) is 3.14. The van der Waals surface area contributed by atoms with Crippen LogP contribution in [0.25, 0.3) is 6.08 Å². The van der Waals surface area contributed by atoms with E-state index >= 15 is 0 Å². The second-order valence-corrected chi connectivity index (χ2v) is 7.30. The molecule has 1 heterocycles. The van der Waals surface area contributed by atoms with Gasteiger partial charge in [-0.1, -0.05) is 69.0 Å². The highest BCUT2D eigenvalue weighted by atomic mass is 32.2. The topological polar surface area (TPSA) is 40.5 Å². The maximum absolute atomic E-state index is 12.0. The van der Waals surface area contributed by atoms with Gasteiger partial charge in [-0.25, -0.2) is 0 Å². The fourth-order valence-electron chi connectivity index (χ4n) is 1.85. The molecule has 0 aliphatic carbocycles. The van der Waals surface area contributed by atoms with Gasteiger partial charge in [0.2, 0.25) is 0 Å². The molecule has 2 rings (SSSR count). The highest BCUT2D eigenvalue weighted by Gasteiger charge is 2.31. The van der Waals surface area contributed by atoms with Gasteiger partial charge in [0, 0.05) is 0 Å². The van der Waals surface area contributed by atoms with Crippen LogP contribution in [0.3, 0.4) is 0 Å². The number of nitrogens with zero attached hydrogens (tertiary/aromatic N) is 1. The summed E-state index contributed by atoms with van der Waals surface area (Å²) in [5, 5.41) is 9.09. The quantitative estimate of drug-likeness (QED) is 0.673. The Morgan fingerprint density at radius 3 is 2.35 bits per heavy atom. The molecule has 5 heteroatoms. The van der Waals surface area contributed by atoms with Crippen molar-refractivity contribution in [3.8, 4) is 0 Å². The minimum absolute atomic E-state index is 0.110. The number of aliphatic hydroxyl groups excluding tert-OH is 1. The Bertz CT molecular complexity index is 571. The van der Waals surface area contributed by atoms with E-state index in [0.717, 1.165) is 5.56 Å². The van der Waals surface area contributed by atoms with Crippen molar-refractivity contribution in [1.82, 2.24) is 4.90 Å². The van der Waals surface area contributed by atoms with E-state index in [2.05, 4.69) is 32.9 Å². The summed E-state index contributed by atoms with van der Waals surface area (Å²) in [6.45, 7) is 6.11.